The lowest BCUT2D eigenvalue weighted by Crippen LogP contribution is -2.70. The summed E-state index contributed by atoms with van der Waals surface area (Å²) in [5.41, 5.74) is -4.46. The van der Waals surface area contributed by atoms with Crippen molar-refractivity contribution in [1.82, 2.24) is 14.9 Å². The van der Waals surface area contributed by atoms with Gasteiger partial charge >= 0.3 is 35.5 Å². The molecule has 6 atom stereocenters. The number of hydrogen-bond donors (Lipinski definition) is 2. The van der Waals surface area contributed by atoms with E-state index in [4.69, 9.17) is 28.4 Å². The highest BCUT2D eigenvalue weighted by Crippen LogP contribution is 2.38. The quantitative estimate of drug-likeness (QED) is 0.224. The van der Waals surface area contributed by atoms with Gasteiger partial charge in [0.05, 0.1) is 13.2 Å². The Labute approximate surface area is 232 Å². The van der Waals surface area contributed by atoms with E-state index >= 15 is 0 Å². The number of methoxy groups -OCH3 is 1. The Morgan fingerprint density at radius 3 is 2.15 bits per heavy atom. The lowest BCUT2D eigenvalue weighted by molar-refractivity contribution is -0.264. The van der Waals surface area contributed by atoms with Crippen LogP contribution >= 0.6 is 0 Å². The minimum Gasteiger partial charge on any atom is -0.465 e. The number of amides is 1. The van der Waals surface area contributed by atoms with Gasteiger partial charge in [-0.3, -0.25) is 38.3 Å². The first-order valence-corrected chi connectivity index (χ1v) is 12.1. The molecule has 0 aliphatic carbocycles. The molecule has 17 nitrogen and oxygen atoms in total. The van der Waals surface area contributed by atoms with Crippen LogP contribution in [0.25, 0.3) is 0 Å². The van der Waals surface area contributed by atoms with E-state index in [-0.39, 0.29) is 0 Å². The maximum Gasteiger partial charge on any atom is 0.360 e. The van der Waals surface area contributed by atoms with Crippen molar-refractivity contribution in [3.8, 4) is 0 Å². The molecule has 1 aliphatic heterocycles. The molecule has 1 aromatic rings. The molecular formula is C24H31N3O14. The SMILES string of the molecule is COC(=O)[C@@]1(n2ccc(=O)[nH]c2=O)C[C@H](OC(C)=O)[C@@H](NC(C)=O)[C@H]([C@@H](OC(C)=O)[C@@H](COC(C)=O)OC(C)=O)O1. The summed E-state index contributed by atoms with van der Waals surface area (Å²) in [6.07, 6.45) is -6.31. The molecule has 0 unspecified atom stereocenters. The number of nitrogens with one attached hydrogen (secondary N) is 2. The second kappa shape index (κ2) is 13.7. The molecule has 226 valence electrons. The summed E-state index contributed by atoms with van der Waals surface area (Å²) in [6, 6.07) is -0.510. The number of esters is 5. The van der Waals surface area contributed by atoms with Crippen LogP contribution in [0.1, 0.15) is 41.0 Å². The van der Waals surface area contributed by atoms with Crippen LogP contribution in [0.3, 0.4) is 0 Å². The van der Waals surface area contributed by atoms with E-state index in [1.165, 1.54) is 0 Å². The van der Waals surface area contributed by atoms with Crippen molar-refractivity contribution in [2.24, 2.45) is 0 Å². The van der Waals surface area contributed by atoms with Gasteiger partial charge in [-0.15, -0.1) is 0 Å². The van der Waals surface area contributed by atoms with Gasteiger partial charge in [-0.2, -0.15) is 0 Å². The Balaban J connectivity index is 2.91. The fourth-order valence-corrected chi connectivity index (χ4v) is 4.37. The molecule has 41 heavy (non-hydrogen) atoms. The molecule has 1 aliphatic rings. The van der Waals surface area contributed by atoms with E-state index in [9.17, 15) is 38.4 Å². The molecule has 1 aromatic heterocycles. The van der Waals surface area contributed by atoms with Gasteiger partial charge in [-0.25, -0.2) is 9.59 Å². The van der Waals surface area contributed by atoms with Crippen molar-refractivity contribution in [2.75, 3.05) is 13.7 Å². The number of rotatable bonds is 10. The molecule has 2 N–H and O–H groups in total. The second-order valence-electron chi connectivity index (χ2n) is 8.94. The summed E-state index contributed by atoms with van der Waals surface area (Å²) in [5.74, 6) is -5.44. The first kappa shape index (κ1) is 32.7. The molecule has 1 saturated heterocycles. The normalized spacial score (nSPS) is 23.2. The third-order valence-electron chi connectivity index (χ3n) is 5.73. The number of aromatic nitrogens is 2. The molecule has 1 fully saturated rings. The second-order valence-corrected chi connectivity index (χ2v) is 8.94. The summed E-state index contributed by atoms with van der Waals surface area (Å²) in [4.78, 5) is 100. The predicted octanol–water partition coefficient (Wildman–Crippen LogP) is -1.99. The smallest absolute Gasteiger partial charge is 0.360 e. The number of ether oxygens (including phenoxy) is 6. The highest BCUT2D eigenvalue weighted by molar-refractivity contribution is 5.78. The minimum atomic E-state index is -2.50. The lowest BCUT2D eigenvalue weighted by Gasteiger charge is -2.49. The van der Waals surface area contributed by atoms with Gasteiger partial charge in [0, 0.05) is 53.3 Å². The van der Waals surface area contributed by atoms with Gasteiger partial charge in [0.15, 0.2) is 12.2 Å². The molecule has 0 saturated carbocycles. The van der Waals surface area contributed by atoms with Crippen molar-refractivity contribution in [2.45, 2.75) is 77.2 Å². The molecule has 0 spiro atoms. The van der Waals surface area contributed by atoms with Gasteiger partial charge in [0.25, 0.3) is 11.3 Å². The molecule has 0 aromatic carbocycles. The van der Waals surface area contributed by atoms with Crippen LogP contribution in [-0.4, -0.2) is 89.5 Å². The maximum atomic E-state index is 13.4. The zero-order valence-electron chi connectivity index (χ0n) is 23.1. The number of carbonyl (C=O) groups excluding carboxylic acids is 6. The maximum absolute atomic E-state index is 13.4. The van der Waals surface area contributed by atoms with Gasteiger partial charge in [0.2, 0.25) is 5.91 Å². The van der Waals surface area contributed by atoms with Crippen LogP contribution < -0.4 is 16.6 Å². The average Bonchev–Trinajstić information content (AvgIpc) is 2.84. The minimum absolute atomic E-state index is 0.651. The molecular weight excluding hydrogens is 554 g/mol. The Morgan fingerprint density at radius 2 is 1.66 bits per heavy atom. The summed E-state index contributed by atoms with van der Waals surface area (Å²) >= 11 is 0. The van der Waals surface area contributed by atoms with Crippen LogP contribution in [0.5, 0.6) is 0 Å². The largest absolute Gasteiger partial charge is 0.465 e. The third-order valence-corrected chi connectivity index (χ3v) is 5.73. The molecule has 0 bridgehead atoms. The fraction of sp³-hybridized carbons (Fsp3) is 0.583. The summed E-state index contributed by atoms with van der Waals surface area (Å²) < 4.78 is 32.8. The number of aromatic amines is 1. The summed E-state index contributed by atoms with van der Waals surface area (Å²) in [7, 11) is 0.964. The topological polar surface area (TPSA) is 225 Å². The van der Waals surface area contributed by atoms with E-state index in [1.807, 2.05) is 4.98 Å². The first-order chi connectivity index (χ1) is 19.1. The monoisotopic (exact) mass is 585 g/mol. The molecule has 17 heteroatoms. The number of nitrogens with zero attached hydrogens (tertiary/aromatic N) is 1. The van der Waals surface area contributed by atoms with Crippen LogP contribution in [0.2, 0.25) is 0 Å². The number of H-pyrrole nitrogens is 1. The lowest BCUT2D eigenvalue weighted by atomic mass is 9.86. The van der Waals surface area contributed by atoms with Gasteiger partial charge in [0.1, 0.15) is 18.8 Å². The number of hydrogen-bond acceptors (Lipinski definition) is 14. The van der Waals surface area contributed by atoms with Crippen LogP contribution in [0.15, 0.2) is 21.9 Å². The highest BCUT2D eigenvalue weighted by atomic mass is 16.6. The number of carbonyl (C=O) groups is 6. The van der Waals surface area contributed by atoms with Crippen molar-refractivity contribution >= 4 is 35.8 Å². The van der Waals surface area contributed by atoms with E-state index in [2.05, 4.69) is 5.32 Å². The van der Waals surface area contributed by atoms with E-state index in [0.717, 1.165) is 54.0 Å². The highest BCUT2D eigenvalue weighted by Gasteiger charge is 2.59. The van der Waals surface area contributed by atoms with Crippen LogP contribution in [0.4, 0.5) is 0 Å². The first-order valence-electron chi connectivity index (χ1n) is 12.1. The predicted molar refractivity (Wildman–Crippen MR) is 132 cm³/mol. The average molecular weight is 586 g/mol. The van der Waals surface area contributed by atoms with Gasteiger partial charge in [-0.1, -0.05) is 0 Å². The zero-order chi connectivity index (χ0) is 31.1. The van der Waals surface area contributed by atoms with E-state index in [0.29, 0.717) is 4.57 Å². The Kier molecular flexibility index (Phi) is 10.9. The molecule has 2 heterocycles. The Bertz CT molecular complexity index is 1300. The standard InChI is InChI=1S/C24H31N3O14/c1-11(28)25-19-16(38-13(3)30)9-24(22(34)36-6,27-8-7-18(33)26-23(27)35)41-21(19)20(40-15(5)32)17(39-14(4)31)10-37-12(2)29/h7-8,16-17,19-21H,9-10H2,1-6H3,(H,25,28)(H,26,33,35)/t16-,17+,19+,20-,21+,24+/m0/s1. The van der Waals surface area contributed by atoms with E-state index < -0.39 is 96.2 Å². The van der Waals surface area contributed by atoms with Crippen molar-refractivity contribution in [3.63, 3.8) is 0 Å². The van der Waals surface area contributed by atoms with Gasteiger partial charge < -0.3 is 33.7 Å². The van der Waals surface area contributed by atoms with Crippen LogP contribution in [-0.2, 0) is 62.9 Å². The zero-order valence-corrected chi connectivity index (χ0v) is 23.1. The van der Waals surface area contributed by atoms with Crippen molar-refractivity contribution in [3.05, 3.63) is 33.1 Å². The molecule has 1 amide bonds. The van der Waals surface area contributed by atoms with E-state index in [1.54, 1.807) is 0 Å². The fourth-order valence-electron chi connectivity index (χ4n) is 4.37. The Hall–Kier alpha value is -4.54. The summed E-state index contributed by atoms with van der Waals surface area (Å²) in [6.45, 7) is 4.53. The molecule has 2 rings (SSSR count). The molecule has 0 radical (unpaired) electrons. The van der Waals surface area contributed by atoms with Gasteiger partial charge in [-0.05, 0) is 0 Å². The Morgan fingerprint density at radius 1 is 1.02 bits per heavy atom. The summed E-state index contributed by atoms with van der Waals surface area (Å²) in [5, 5.41) is 2.51. The van der Waals surface area contributed by atoms with Crippen molar-refractivity contribution < 1.29 is 57.2 Å². The van der Waals surface area contributed by atoms with Crippen molar-refractivity contribution in [1.29, 1.82) is 0 Å². The third kappa shape index (κ3) is 8.23. The van der Waals surface area contributed by atoms with Crippen LogP contribution in [0, 0.1) is 0 Å².